The Morgan fingerprint density at radius 1 is 1.58 bits per heavy atom. The first-order chi connectivity index (χ1) is 8.91. The molecule has 2 N–H and O–H groups in total. The molecule has 102 valence electrons. The number of nitro benzene ring substituents is 1. The number of rotatable bonds is 4. The van der Waals surface area contributed by atoms with Crippen LogP contribution in [0.1, 0.15) is 23.7 Å². The maximum Gasteiger partial charge on any atom is 0.342 e. The van der Waals surface area contributed by atoms with Gasteiger partial charge in [0, 0.05) is 18.4 Å². The molecule has 0 aliphatic carbocycles. The van der Waals surface area contributed by atoms with Crippen LogP contribution in [-0.4, -0.2) is 34.8 Å². The molecular formula is C12H14N2O5. The molecule has 1 heterocycles. The summed E-state index contributed by atoms with van der Waals surface area (Å²) in [5.41, 5.74) is -0.494. The van der Waals surface area contributed by atoms with E-state index in [0.29, 0.717) is 18.9 Å². The fourth-order valence-corrected chi connectivity index (χ4v) is 2.06. The number of hydrogen-bond donors (Lipinski definition) is 2. The van der Waals surface area contributed by atoms with Gasteiger partial charge < -0.3 is 15.2 Å². The topological polar surface area (TPSA) is 102 Å². The highest BCUT2D eigenvalue weighted by Gasteiger charge is 2.30. The highest BCUT2D eigenvalue weighted by Crippen LogP contribution is 2.28. The molecule has 1 aromatic rings. The van der Waals surface area contributed by atoms with Crippen LogP contribution in [0.3, 0.4) is 0 Å². The minimum absolute atomic E-state index is 0.279. The number of ether oxygens (including phenoxy) is 1. The van der Waals surface area contributed by atoms with Gasteiger partial charge in [-0.25, -0.2) is 4.79 Å². The van der Waals surface area contributed by atoms with E-state index in [9.17, 15) is 14.9 Å². The predicted molar refractivity (Wildman–Crippen MR) is 67.5 cm³/mol. The Morgan fingerprint density at radius 2 is 2.32 bits per heavy atom. The van der Waals surface area contributed by atoms with E-state index < -0.39 is 16.6 Å². The van der Waals surface area contributed by atoms with Crippen LogP contribution in [-0.2, 0) is 4.74 Å². The number of benzene rings is 1. The minimum Gasteiger partial charge on any atom is -0.477 e. The fraction of sp³-hybridized carbons (Fsp3) is 0.417. The largest absolute Gasteiger partial charge is 0.477 e. The number of nitro groups is 1. The van der Waals surface area contributed by atoms with Gasteiger partial charge in [0.2, 0.25) is 0 Å². The number of carboxylic acids is 1. The third kappa shape index (κ3) is 2.82. The molecule has 0 radical (unpaired) electrons. The quantitative estimate of drug-likeness (QED) is 0.637. The summed E-state index contributed by atoms with van der Waals surface area (Å²) in [5, 5.41) is 22.9. The van der Waals surface area contributed by atoms with Crippen LogP contribution >= 0.6 is 0 Å². The lowest BCUT2D eigenvalue weighted by Gasteiger charge is -2.24. The van der Waals surface area contributed by atoms with Crippen LogP contribution in [0.2, 0.25) is 0 Å². The van der Waals surface area contributed by atoms with Gasteiger partial charge in [0.05, 0.1) is 17.1 Å². The molecule has 0 amide bonds. The molecule has 2 rings (SSSR count). The highest BCUT2D eigenvalue weighted by molar-refractivity contribution is 5.93. The second-order valence-electron chi connectivity index (χ2n) is 4.78. The second-order valence-corrected chi connectivity index (χ2v) is 4.78. The van der Waals surface area contributed by atoms with E-state index >= 15 is 0 Å². The van der Waals surface area contributed by atoms with Crippen molar-refractivity contribution in [2.75, 3.05) is 18.5 Å². The lowest BCUT2D eigenvalue weighted by molar-refractivity contribution is -0.385. The summed E-state index contributed by atoms with van der Waals surface area (Å²) in [4.78, 5) is 21.1. The molecule has 0 spiro atoms. The zero-order valence-corrected chi connectivity index (χ0v) is 10.4. The summed E-state index contributed by atoms with van der Waals surface area (Å²) in [6.45, 7) is 3.11. The Labute approximate surface area is 109 Å². The summed E-state index contributed by atoms with van der Waals surface area (Å²) in [5.74, 6) is -1.31. The number of hydrogen-bond acceptors (Lipinski definition) is 5. The number of nitrogens with one attached hydrogen (secondary N) is 1. The van der Waals surface area contributed by atoms with Crippen LogP contribution in [0, 0.1) is 10.1 Å². The Hall–Kier alpha value is -2.15. The standard InChI is InChI=1S/C12H14N2O5/c1-12(4-5-19-7-12)13-8-2-3-9(11(15)16)10(6-8)14(17)18/h2-3,6,13H,4-5,7H2,1H3,(H,15,16). The summed E-state index contributed by atoms with van der Waals surface area (Å²) in [6, 6.07) is 4.01. The van der Waals surface area contributed by atoms with Gasteiger partial charge in [-0.05, 0) is 25.5 Å². The van der Waals surface area contributed by atoms with Gasteiger partial charge in [-0.3, -0.25) is 10.1 Å². The Balaban J connectivity index is 2.30. The van der Waals surface area contributed by atoms with E-state index in [1.807, 2.05) is 6.92 Å². The van der Waals surface area contributed by atoms with Crippen LogP contribution in [0.5, 0.6) is 0 Å². The molecule has 1 aromatic carbocycles. The molecule has 0 aromatic heterocycles. The van der Waals surface area contributed by atoms with Gasteiger partial charge >= 0.3 is 5.97 Å². The lowest BCUT2D eigenvalue weighted by atomic mass is 10.0. The van der Waals surface area contributed by atoms with Gasteiger partial charge in [0.1, 0.15) is 5.56 Å². The molecule has 7 heteroatoms. The van der Waals surface area contributed by atoms with E-state index in [0.717, 1.165) is 6.42 Å². The first-order valence-electron chi connectivity index (χ1n) is 5.79. The van der Waals surface area contributed by atoms with Crippen molar-refractivity contribution < 1.29 is 19.6 Å². The molecule has 1 atom stereocenters. The van der Waals surface area contributed by atoms with Gasteiger partial charge in [-0.15, -0.1) is 0 Å². The van der Waals surface area contributed by atoms with Gasteiger partial charge in [-0.1, -0.05) is 0 Å². The number of anilines is 1. The molecule has 7 nitrogen and oxygen atoms in total. The second kappa shape index (κ2) is 4.85. The molecule has 1 aliphatic heterocycles. The van der Waals surface area contributed by atoms with Crippen molar-refractivity contribution in [3.63, 3.8) is 0 Å². The molecule has 1 aliphatic rings. The molecule has 0 bridgehead atoms. The van der Waals surface area contributed by atoms with E-state index in [1.165, 1.54) is 18.2 Å². The maximum atomic E-state index is 10.9. The van der Waals surface area contributed by atoms with E-state index in [4.69, 9.17) is 9.84 Å². The maximum absolute atomic E-state index is 10.9. The van der Waals surface area contributed by atoms with E-state index in [1.54, 1.807) is 0 Å². The Morgan fingerprint density at radius 3 is 2.84 bits per heavy atom. The SMILES string of the molecule is CC1(Nc2ccc(C(=O)O)c([N+](=O)[O-])c2)CCOC1. The number of carbonyl (C=O) groups is 1. The number of carboxylic acid groups (broad SMARTS) is 1. The van der Waals surface area contributed by atoms with Crippen molar-refractivity contribution in [1.82, 2.24) is 0 Å². The van der Waals surface area contributed by atoms with Crippen molar-refractivity contribution in [3.05, 3.63) is 33.9 Å². The van der Waals surface area contributed by atoms with Crippen molar-refractivity contribution in [3.8, 4) is 0 Å². The third-order valence-electron chi connectivity index (χ3n) is 3.09. The smallest absolute Gasteiger partial charge is 0.342 e. The zero-order valence-electron chi connectivity index (χ0n) is 10.4. The van der Waals surface area contributed by atoms with Crippen LogP contribution in [0.25, 0.3) is 0 Å². The average Bonchev–Trinajstić information content (AvgIpc) is 2.75. The molecule has 0 saturated carbocycles. The van der Waals surface area contributed by atoms with Crippen LogP contribution in [0.15, 0.2) is 18.2 Å². The summed E-state index contributed by atoms with van der Waals surface area (Å²) in [7, 11) is 0. The van der Waals surface area contributed by atoms with Gasteiger partial charge in [-0.2, -0.15) is 0 Å². The Bertz CT molecular complexity index is 523. The number of nitrogens with zero attached hydrogens (tertiary/aromatic N) is 1. The van der Waals surface area contributed by atoms with Crippen molar-refractivity contribution in [1.29, 1.82) is 0 Å². The average molecular weight is 266 g/mol. The van der Waals surface area contributed by atoms with Gasteiger partial charge in [0.15, 0.2) is 0 Å². The third-order valence-corrected chi connectivity index (χ3v) is 3.09. The first-order valence-corrected chi connectivity index (χ1v) is 5.79. The highest BCUT2D eigenvalue weighted by atomic mass is 16.6. The monoisotopic (exact) mass is 266 g/mol. The van der Waals surface area contributed by atoms with Gasteiger partial charge in [0.25, 0.3) is 5.69 Å². The molecule has 1 saturated heterocycles. The molecule has 1 unspecified atom stereocenters. The van der Waals surface area contributed by atoms with Crippen molar-refractivity contribution >= 4 is 17.3 Å². The van der Waals surface area contributed by atoms with E-state index in [-0.39, 0.29) is 11.1 Å². The fourth-order valence-electron chi connectivity index (χ4n) is 2.06. The lowest BCUT2D eigenvalue weighted by Crippen LogP contribution is -2.34. The molecular weight excluding hydrogens is 252 g/mol. The number of aromatic carboxylic acids is 1. The van der Waals surface area contributed by atoms with Crippen molar-refractivity contribution in [2.45, 2.75) is 18.9 Å². The first kappa shape index (κ1) is 13.3. The van der Waals surface area contributed by atoms with Crippen molar-refractivity contribution in [2.24, 2.45) is 0 Å². The van der Waals surface area contributed by atoms with Crippen LogP contribution < -0.4 is 5.32 Å². The molecule has 1 fully saturated rings. The Kier molecular flexibility index (Phi) is 3.39. The minimum atomic E-state index is -1.31. The summed E-state index contributed by atoms with van der Waals surface area (Å²) < 4.78 is 5.28. The summed E-state index contributed by atoms with van der Waals surface area (Å²) >= 11 is 0. The predicted octanol–water partition coefficient (Wildman–Crippen LogP) is 1.88. The molecule has 19 heavy (non-hydrogen) atoms. The zero-order chi connectivity index (χ0) is 14.0. The van der Waals surface area contributed by atoms with Crippen LogP contribution in [0.4, 0.5) is 11.4 Å². The normalized spacial score (nSPS) is 22.2. The summed E-state index contributed by atoms with van der Waals surface area (Å²) in [6.07, 6.45) is 0.793. The van der Waals surface area contributed by atoms with E-state index in [2.05, 4.69) is 5.32 Å².